The van der Waals surface area contributed by atoms with Crippen molar-refractivity contribution in [2.24, 2.45) is 0 Å². The summed E-state index contributed by atoms with van der Waals surface area (Å²) in [6.07, 6.45) is 0.507. The topological polar surface area (TPSA) is 92.5 Å². The average Bonchev–Trinajstić information content (AvgIpc) is 3.64. The van der Waals surface area contributed by atoms with Gasteiger partial charge in [0.15, 0.2) is 0 Å². The van der Waals surface area contributed by atoms with Crippen LogP contribution in [-0.4, -0.2) is 41.7 Å². The second kappa shape index (κ2) is 9.81. The number of nitrogens with zero attached hydrogens (tertiary/aromatic N) is 2. The minimum Gasteiger partial charge on any atom is -0.362 e. The third kappa shape index (κ3) is 5.19. The van der Waals surface area contributed by atoms with Crippen molar-refractivity contribution in [3.05, 3.63) is 64.2 Å². The SMILES string of the molecule is CN(C=N)C(=N)[C@@H](OC1CC1)c1cccc(N2Cc3c(cc(CNC4(C)CCC4)cc3C(F)(F)F)C2=O)c1. The van der Waals surface area contributed by atoms with Gasteiger partial charge in [0.25, 0.3) is 5.91 Å². The predicted octanol–water partition coefficient (Wildman–Crippen LogP) is 5.63. The lowest BCUT2D eigenvalue weighted by Gasteiger charge is -2.39. The Labute approximate surface area is 220 Å². The molecule has 2 aromatic rings. The van der Waals surface area contributed by atoms with E-state index in [4.69, 9.17) is 15.6 Å². The van der Waals surface area contributed by atoms with Crippen LogP contribution < -0.4 is 10.2 Å². The van der Waals surface area contributed by atoms with Gasteiger partial charge in [-0.15, -0.1) is 0 Å². The molecule has 3 aliphatic rings. The van der Waals surface area contributed by atoms with Gasteiger partial charge in [0, 0.05) is 30.4 Å². The number of alkyl halides is 3. The molecule has 1 atom stereocenters. The molecule has 2 fully saturated rings. The molecule has 38 heavy (non-hydrogen) atoms. The normalized spacial score (nSPS) is 19.1. The van der Waals surface area contributed by atoms with Gasteiger partial charge in [-0.25, -0.2) is 0 Å². The van der Waals surface area contributed by atoms with Crippen LogP contribution in [0, 0.1) is 10.8 Å². The first-order valence-corrected chi connectivity index (χ1v) is 12.9. The van der Waals surface area contributed by atoms with Crippen molar-refractivity contribution in [2.45, 2.75) is 76.0 Å². The summed E-state index contributed by atoms with van der Waals surface area (Å²) in [4.78, 5) is 16.2. The fourth-order valence-electron chi connectivity index (χ4n) is 5.04. The number of carbonyl (C=O) groups is 1. The van der Waals surface area contributed by atoms with Crippen LogP contribution in [-0.2, 0) is 24.0 Å². The van der Waals surface area contributed by atoms with Gasteiger partial charge in [-0.3, -0.25) is 15.6 Å². The van der Waals surface area contributed by atoms with E-state index in [1.807, 2.05) is 0 Å². The van der Waals surface area contributed by atoms with E-state index in [1.54, 1.807) is 37.4 Å². The molecule has 2 aliphatic carbocycles. The first-order chi connectivity index (χ1) is 18.0. The first kappa shape index (κ1) is 26.4. The molecule has 10 heteroatoms. The first-order valence-electron chi connectivity index (χ1n) is 12.9. The third-order valence-corrected chi connectivity index (χ3v) is 7.74. The molecule has 0 bridgehead atoms. The van der Waals surface area contributed by atoms with E-state index in [1.165, 1.54) is 9.80 Å². The standard InChI is InChI=1S/C28H32F3N5O2/c1-27(9-4-10-27)34-14-17-11-21-22(23(12-17)28(29,30)31)15-36(26(21)37)19-6-3-5-18(13-19)24(38-20-7-8-20)25(33)35(2)16-32/h3,5-6,11-13,16,20,24,32-34H,4,7-10,14-15H2,1-2H3/t24-/m0/s1. The van der Waals surface area contributed by atoms with Crippen molar-refractivity contribution in [3.8, 4) is 0 Å². The van der Waals surface area contributed by atoms with Gasteiger partial charge in [0.05, 0.1) is 24.6 Å². The number of fused-ring (bicyclic) bond motifs is 1. The molecule has 0 radical (unpaired) electrons. The third-order valence-electron chi connectivity index (χ3n) is 7.74. The van der Waals surface area contributed by atoms with Crippen LogP contribution in [0.3, 0.4) is 0 Å². The number of halogens is 3. The Morgan fingerprint density at radius 1 is 1.29 bits per heavy atom. The second-order valence-corrected chi connectivity index (χ2v) is 10.8. The van der Waals surface area contributed by atoms with Crippen LogP contribution in [0.4, 0.5) is 18.9 Å². The Hall–Kier alpha value is -3.24. The van der Waals surface area contributed by atoms with Crippen molar-refractivity contribution >= 4 is 23.8 Å². The zero-order valence-corrected chi connectivity index (χ0v) is 21.5. The van der Waals surface area contributed by atoms with Crippen molar-refractivity contribution in [1.29, 1.82) is 10.8 Å². The molecule has 5 rings (SSSR count). The Morgan fingerprint density at radius 3 is 2.63 bits per heavy atom. The number of hydrogen-bond donors (Lipinski definition) is 3. The average molecular weight is 528 g/mol. The largest absolute Gasteiger partial charge is 0.416 e. The van der Waals surface area contributed by atoms with E-state index in [-0.39, 0.29) is 41.7 Å². The van der Waals surface area contributed by atoms with Crippen LogP contribution in [0.15, 0.2) is 36.4 Å². The maximum absolute atomic E-state index is 14.1. The van der Waals surface area contributed by atoms with Gasteiger partial charge >= 0.3 is 6.18 Å². The zero-order valence-electron chi connectivity index (χ0n) is 21.5. The Balaban J connectivity index is 1.45. The molecule has 0 unspecified atom stereocenters. The molecule has 2 saturated carbocycles. The molecular weight excluding hydrogens is 495 g/mol. The summed E-state index contributed by atoms with van der Waals surface area (Å²) in [5, 5.41) is 19.3. The van der Waals surface area contributed by atoms with Crippen molar-refractivity contribution < 1.29 is 22.7 Å². The molecule has 0 spiro atoms. The van der Waals surface area contributed by atoms with Gasteiger partial charge in [0.1, 0.15) is 11.9 Å². The molecule has 202 valence electrons. The molecule has 1 aliphatic heterocycles. The number of anilines is 1. The molecular formula is C28H32F3N5O2. The summed E-state index contributed by atoms with van der Waals surface area (Å²) >= 11 is 0. The highest BCUT2D eigenvalue weighted by Crippen LogP contribution is 2.41. The van der Waals surface area contributed by atoms with Crippen LogP contribution in [0.25, 0.3) is 0 Å². The summed E-state index contributed by atoms with van der Waals surface area (Å²) in [5.74, 6) is -0.414. The van der Waals surface area contributed by atoms with E-state index in [0.717, 1.165) is 44.5 Å². The summed E-state index contributed by atoms with van der Waals surface area (Å²) in [5.41, 5.74) is 0.680. The number of hydrogen-bond acceptors (Lipinski definition) is 5. The number of carbonyl (C=O) groups excluding carboxylic acids is 1. The highest BCUT2D eigenvalue weighted by Gasteiger charge is 2.41. The molecule has 3 N–H and O–H groups in total. The number of nitrogens with one attached hydrogen (secondary N) is 3. The highest BCUT2D eigenvalue weighted by molar-refractivity contribution is 6.10. The van der Waals surface area contributed by atoms with Crippen molar-refractivity contribution in [2.75, 3.05) is 11.9 Å². The quantitative estimate of drug-likeness (QED) is 0.291. The van der Waals surface area contributed by atoms with E-state index in [2.05, 4.69) is 12.2 Å². The van der Waals surface area contributed by atoms with Gasteiger partial charge in [-0.2, -0.15) is 13.2 Å². The Bertz CT molecular complexity index is 1270. The lowest BCUT2D eigenvalue weighted by Crippen LogP contribution is -2.47. The zero-order chi connectivity index (χ0) is 27.2. The van der Waals surface area contributed by atoms with Crippen LogP contribution in [0.1, 0.15) is 77.7 Å². The summed E-state index contributed by atoms with van der Waals surface area (Å²) < 4.78 is 48.4. The van der Waals surface area contributed by atoms with Gasteiger partial charge in [0.2, 0.25) is 0 Å². The van der Waals surface area contributed by atoms with E-state index >= 15 is 0 Å². The number of rotatable bonds is 9. The van der Waals surface area contributed by atoms with Crippen LogP contribution in [0.5, 0.6) is 0 Å². The Morgan fingerprint density at radius 2 is 2.03 bits per heavy atom. The minimum atomic E-state index is -4.59. The Kier molecular flexibility index (Phi) is 6.81. The van der Waals surface area contributed by atoms with Gasteiger partial charge in [-0.05, 0) is 80.0 Å². The number of ether oxygens (including phenoxy) is 1. The smallest absolute Gasteiger partial charge is 0.362 e. The van der Waals surface area contributed by atoms with Crippen LogP contribution in [0.2, 0.25) is 0 Å². The number of benzene rings is 2. The summed E-state index contributed by atoms with van der Waals surface area (Å²) in [6.45, 7) is 2.14. The maximum atomic E-state index is 14.1. The summed E-state index contributed by atoms with van der Waals surface area (Å²) in [7, 11) is 1.58. The maximum Gasteiger partial charge on any atom is 0.416 e. The molecule has 7 nitrogen and oxygen atoms in total. The molecule has 0 saturated heterocycles. The van der Waals surface area contributed by atoms with Gasteiger partial charge < -0.3 is 19.9 Å². The number of amides is 1. The van der Waals surface area contributed by atoms with Crippen molar-refractivity contribution in [1.82, 2.24) is 10.2 Å². The monoisotopic (exact) mass is 527 g/mol. The van der Waals surface area contributed by atoms with Crippen LogP contribution >= 0.6 is 0 Å². The molecule has 1 heterocycles. The fraction of sp³-hybridized carbons (Fsp3) is 0.464. The van der Waals surface area contributed by atoms with Gasteiger partial charge in [-0.1, -0.05) is 12.1 Å². The minimum absolute atomic E-state index is 0.0179. The van der Waals surface area contributed by atoms with E-state index in [9.17, 15) is 18.0 Å². The van der Waals surface area contributed by atoms with Crippen molar-refractivity contribution in [3.63, 3.8) is 0 Å². The molecule has 2 aromatic carbocycles. The highest BCUT2D eigenvalue weighted by atomic mass is 19.4. The summed E-state index contributed by atoms with van der Waals surface area (Å²) in [6, 6.07) is 9.59. The number of amidine groups is 1. The van der Waals surface area contributed by atoms with E-state index < -0.39 is 23.8 Å². The lowest BCUT2D eigenvalue weighted by atomic mass is 9.78. The second-order valence-electron chi connectivity index (χ2n) is 10.8. The van der Waals surface area contributed by atoms with E-state index in [0.29, 0.717) is 16.8 Å². The fourth-order valence-corrected chi connectivity index (χ4v) is 5.04. The number of likely N-dealkylation sites (N-methyl/N-ethyl adjacent to an activating group) is 1. The molecule has 0 aromatic heterocycles. The molecule has 1 amide bonds. The lowest BCUT2D eigenvalue weighted by molar-refractivity contribution is -0.138. The predicted molar refractivity (Wildman–Crippen MR) is 139 cm³/mol.